The molecule has 1 aromatic carbocycles. The number of benzene rings is 1. The zero-order valence-corrected chi connectivity index (χ0v) is 19.5. The summed E-state index contributed by atoms with van der Waals surface area (Å²) in [4.78, 5) is 59.8. The molecule has 4 N–H and O–H groups in total. The van der Waals surface area contributed by atoms with Gasteiger partial charge in [0.2, 0.25) is 5.91 Å². The number of ketones is 1. The number of hydrogen-bond acceptors (Lipinski definition) is 8. The van der Waals surface area contributed by atoms with Crippen LogP contribution in [0.1, 0.15) is 60.2 Å². The van der Waals surface area contributed by atoms with Gasteiger partial charge in [-0.1, -0.05) is 0 Å². The molecule has 11 heteroatoms. The molecular formula is C23H28N6O5. The number of amides is 2. The van der Waals surface area contributed by atoms with Crippen LogP contribution in [0, 0.1) is 0 Å². The van der Waals surface area contributed by atoms with Crippen LogP contribution in [0.15, 0.2) is 35.5 Å². The molecule has 0 spiro atoms. The van der Waals surface area contributed by atoms with Crippen LogP contribution in [-0.2, 0) is 16.1 Å². The Balaban J connectivity index is 2.02. The fourth-order valence-corrected chi connectivity index (χ4v) is 2.87. The lowest BCUT2D eigenvalue weighted by Crippen LogP contribution is -2.41. The first-order valence-corrected chi connectivity index (χ1v) is 10.6. The molecule has 0 aliphatic rings. The van der Waals surface area contributed by atoms with Gasteiger partial charge in [-0.15, -0.1) is 0 Å². The van der Waals surface area contributed by atoms with E-state index in [2.05, 4.69) is 30.9 Å². The Morgan fingerprint density at radius 2 is 1.76 bits per heavy atom. The van der Waals surface area contributed by atoms with Crippen LogP contribution < -0.4 is 16.0 Å². The Morgan fingerprint density at radius 3 is 2.32 bits per heavy atom. The molecule has 0 bridgehead atoms. The van der Waals surface area contributed by atoms with Crippen molar-refractivity contribution >= 4 is 40.8 Å². The number of aliphatic carboxylic acids is 1. The van der Waals surface area contributed by atoms with E-state index in [0.29, 0.717) is 11.4 Å². The lowest BCUT2D eigenvalue weighted by Gasteiger charge is -2.14. The lowest BCUT2D eigenvalue weighted by molar-refractivity contribution is -0.139. The fraction of sp³-hybridized carbons (Fsp3) is 0.348. The van der Waals surface area contributed by atoms with Crippen molar-refractivity contribution in [3.05, 3.63) is 47.4 Å². The van der Waals surface area contributed by atoms with Crippen LogP contribution in [0.3, 0.4) is 0 Å². The van der Waals surface area contributed by atoms with Crippen molar-refractivity contribution < 1.29 is 24.3 Å². The van der Waals surface area contributed by atoms with Gasteiger partial charge < -0.3 is 21.1 Å². The van der Waals surface area contributed by atoms with Gasteiger partial charge >= 0.3 is 5.97 Å². The maximum atomic E-state index is 12.4. The summed E-state index contributed by atoms with van der Waals surface area (Å²) < 4.78 is 0. The smallest absolute Gasteiger partial charge is 0.326 e. The Morgan fingerprint density at radius 1 is 1.09 bits per heavy atom. The minimum atomic E-state index is -1.22. The van der Waals surface area contributed by atoms with E-state index in [-0.39, 0.29) is 48.2 Å². The first kappa shape index (κ1) is 26.1. The maximum absolute atomic E-state index is 12.4. The Labute approximate surface area is 197 Å². The summed E-state index contributed by atoms with van der Waals surface area (Å²) in [7, 11) is 1.46. The molecule has 2 rings (SSSR count). The second kappa shape index (κ2) is 12.2. The van der Waals surface area contributed by atoms with Gasteiger partial charge in [-0.05, 0) is 44.5 Å². The average molecular weight is 469 g/mol. The number of aliphatic imine (C=N–C) groups is 1. The molecule has 0 radical (unpaired) electrons. The van der Waals surface area contributed by atoms with Gasteiger partial charge in [-0.25, -0.2) is 19.8 Å². The minimum absolute atomic E-state index is 0.0176. The Hall–Kier alpha value is -4.15. The van der Waals surface area contributed by atoms with Crippen molar-refractivity contribution in [1.29, 1.82) is 0 Å². The van der Waals surface area contributed by atoms with E-state index in [0.717, 1.165) is 5.71 Å². The van der Waals surface area contributed by atoms with E-state index in [4.69, 9.17) is 0 Å². The highest BCUT2D eigenvalue weighted by Gasteiger charge is 2.21. The number of carbonyl (C=O) groups excluding carboxylic acids is 3. The van der Waals surface area contributed by atoms with Crippen molar-refractivity contribution in [1.82, 2.24) is 20.6 Å². The number of carboxylic acids is 1. The minimum Gasteiger partial charge on any atom is -0.480 e. The summed E-state index contributed by atoms with van der Waals surface area (Å²) in [6.07, 6.45) is 1.50. The third kappa shape index (κ3) is 7.76. The second-order valence-electron chi connectivity index (χ2n) is 7.66. The number of carboxylic acid groups (broad SMARTS) is 1. The van der Waals surface area contributed by atoms with Crippen molar-refractivity contribution in [3.8, 4) is 0 Å². The Bertz CT molecular complexity index is 1090. The van der Waals surface area contributed by atoms with Crippen molar-refractivity contribution in [2.24, 2.45) is 4.99 Å². The number of carbonyl (C=O) groups is 4. The molecule has 0 unspecified atom stereocenters. The van der Waals surface area contributed by atoms with Gasteiger partial charge in [0, 0.05) is 37.4 Å². The molecule has 0 fully saturated rings. The molecule has 11 nitrogen and oxygen atoms in total. The van der Waals surface area contributed by atoms with Crippen LogP contribution in [-0.4, -0.2) is 57.4 Å². The van der Waals surface area contributed by atoms with Gasteiger partial charge in [0.05, 0.1) is 18.4 Å². The van der Waals surface area contributed by atoms with E-state index in [1.54, 1.807) is 38.1 Å². The number of nitrogens with zero attached hydrogens (tertiary/aromatic N) is 3. The molecule has 0 saturated heterocycles. The summed E-state index contributed by atoms with van der Waals surface area (Å²) in [5.41, 5.74) is 2.45. The first-order valence-electron chi connectivity index (χ1n) is 10.6. The van der Waals surface area contributed by atoms with Crippen molar-refractivity contribution in [2.75, 3.05) is 12.4 Å². The third-order valence-electron chi connectivity index (χ3n) is 4.63. The molecular weight excluding hydrogens is 440 g/mol. The largest absolute Gasteiger partial charge is 0.480 e. The standard InChI is InChI=1S/C23H28N6O5/c1-13(2)27-21-20(14(3)30)28-17(12-26-21)11-25-16-7-5-15(6-8-16)22(32)29-18(23(33)34)9-10-19(31)24-4/h5-8,12,18,25H,9-11H2,1-4H3,(H,24,31)(H,29,32)(H,33,34)/t18-/m0/s1. The predicted octanol–water partition coefficient (Wildman–Crippen LogP) is 2.11. The molecule has 1 atom stereocenters. The topological polar surface area (TPSA) is 163 Å². The van der Waals surface area contributed by atoms with E-state index in [1.165, 1.54) is 20.2 Å². The number of hydrogen-bond donors (Lipinski definition) is 4. The summed E-state index contributed by atoms with van der Waals surface area (Å²) in [6.45, 7) is 5.30. The fourth-order valence-electron chi connectivity index (χ4n) is 2.87. The van der Waals surface area contributed by atoms with Crippen molar-refractivity contribution in [3.63, 3.8) is 0 Å². The van der Waals surface area contributed by atoms with E-state index < -0.39 is 17.9 Å². The zero-order valence-electron chi connectivity index (χ0n) is 19.5. The molecule has 0 aliphatic heterocycles. The monoisotopic (exact) mass is 468 g/mol. The number of anilines is 1. The molecule has 0 aliphatic carbocycles. The van der Waals surface area contributed by atoms with Gasteiger partial charge in [0.25, 0.3) is 5.91 Å². The summed E-state index contributed by atoms with van der Waals surface area (Å²) >= 11 is 0. The van der Waals surface area contributed by atoms with E-state index in [9.17, 15) is 24.3 Å². The van der Waals surface area contributed by atoms with Crippen molar-refractivity contribution in [2.45, 2.75) is 46.2 Å². The maximum Gasteiger partial charge on any atom is 0.326 e. The van der Waals surface area contributed by atoms with Crippen LogP contribution in [0.5, 0.6) is 0 Å². The van der Waals surface area contributed by atoms with Crippen LogP contribution in [0.25, 0.3) is 0 Å². The normalized spacial score (nSPS) is 11.2. The highest BCUT2D eigenvalue weighted by molar-refractivity contribution is 5.98. The predicted molar refractivity (Wildman–Crippen MR) is 126 cm³/mol. The van der Waals surface area contributed by atoms with E-state index in [1.807, 2.05) is 0 Å². The zero-order chi connectivity index (χ0) is 25.3. The molecule has 2 aromatic rings. The molecule has 180 valence electrons. The number of Topliss-reactive ketones (excluding diaryl/α,β-unsaturated/α-hetero) is 1. The summed E-state index contributed by atoms with van der Waals surface area (Å²) in [6, 6.07) is 5.23. The van der Waals surface area contributed by atoms with Gasteiger partial charge in [0.15, 0.2) is 17.3 Å². The van der Waals surface area contributed by atoms with Crippen LogP contribution >= 0.6 is 0 Å². The molecule has 34 heavy (non-hydrogen) atoms. The Kier molecular flexibility index (Phi) is 9.36. The van der Waals surface area contributed by atoms with Gasteiger partial charge in [-0.2, -0.15) is 0 Å². The number of aromatic nitrogens is 2. The average Bonchev–Trinajstić information content (AvgIpc) is 2.80. The number of nitrogens with one attached hydrogen (secondary N) is 3. The second-order valence-corrected chi connectivity index (χ2v) is 7.66. The molecule has 1 heterocycles. The SMILES string of the molecule is CNC(=O)CC[C@H](NC(=O)c1ccc(NCc2cnc(N=C(C)C)c(C(C)=O)n2)cc1)C(=O)O. The number of rotatable bonds is 11. The lowest BCUT2D eigenvalue weighted by atomic mass is 10.1. The van der Waals surface area contributed by atoms with Gasteiger partial charge in [0.1, 0.15) is 6.04 Å². The third-order valence-corrected chi connectivity index (χ3v) is 4.63. The highest BCUT2D eigenvalue weighted by atomic mass is 16.4. The highest BCUT2D eigenvalue weighted by Crippen LogP contribution is 2.17. The molecule has 1 aromatic heterocycles. The molecule has 0 saturated carbocycles. The van der Waals surface area contributed by atoms with Gasteiger partial charge in [-0.3, -0.25) is 14.4 Å². The summed E-state index contributed by atoms with van der Waals surface area (Å²) in [5.74, 6) is -2.04. The summed E-state index contributed by atoms with van der Waals surface area (Å²) in [5, 5.41) is 17.3. The van der Waals surface area contributed by atoms with Crippen LogP contribution in [0.4, 0.5) is 11.5 Å². The first-order chi connectivity index (χ1) is 16.1. The quantitative estimate of drug-likeness (QED) is 0.288. The van der Waals surface area contributed by atoms with E-state index >= 15 is 0 Å². The molecule has 2 amide bonds. The van der Waals surface area contributed by atoms with Crippen LogP contribution in [0.2, 0.25) is 0 Å².